The van der Waals surface area contributed by atoms with Gasteiger partial charge in [-0.05, 0) is 38.3 Å². The topological polar surface area (TPSA) is 57.0 Å². The van der Waals surface area contributed by atoms with Crippen LogP contribution in [0.15, 0.2) is 30.3 Å². The van der Waals surface area contributed by atoms with Gasteiger partial charge in [-0.1, -0.05) is 18.2 Å². The van der Waals surface area contributed by atoms with Crippen LogP contribution in [0.25, 0.3) is 10.9 Å². The van der Waals surface area contributed by atoms with Crippen molar-refractivity contribution in [1.29, 1.82) is 5.26 Å². The molecule has 0 radical (unpaired) electrons. The van der Waals surface area contributed by atoms with E-state index in [4.69, 9.17) is 0 Å². The highest BCUT2D eigenvalue weighted by Crippen LogP contribution is 2.27. The van der Waals surface area contributed by atoms with Gasteiger partial charge >= 0.3 is 0 Å². The molecule has 4 nitrogen and oxygen atoms in total. The summed E-state index contributed by atoms with van der Waals surface area (Å²) in [5.41, 5.74) is 1.42. The van der Waals surface area contributed by atoms with Crippen molar-refractivity contribution in [2.75, 3.05) is 11.4 Å². The highest BCUT2D eigenvalue weighted by Gasteiger charge is 2.27. The first kappa shape index (κ1) is 13.6. The van der Waals surface area contributed by atoms with E-state index in [0.29, 0.717) is 5.56 Å². The van der Waals surface area contributed by atoms with Crippen molar-refractivity contribution in [1.82, 2.24) is 4.98 Å². The summed E-state index contributed by atoms with van der Waals surface area (Å²) in [6.07, 6.45) is 2.99. The zero-order chi connectivity index (χ0) is 14.8. The number of Topliss-reactive ketones (excluding diaryl/α,β-unsaturated/α-hetero) is 1. The van der Waals surface area contributed by atoms with Crippen LogP contribution in [0, 0.1) is 11.3 Å². The number of hydrogen-bond donors (Lipinski definition) is 0. The van der Waals surface area contributed by atoms with Gasteiger partial charge in [0.25, 0.3) is 0 Å². The molecule has 4 heteroatoms. The van der Waals surface area contributed by atoms with Crippen molar-refractivity contribution in [2.45, 2.75) is 32.2 Å². The van der Waals surface area contributed by atoms with Gasteiger partial charge in [0.1, 0.15) is 5.82 Å². The van der Waals surface area contributed by atoms with E-state index in [-0.39, 0.29) is 11.8 Å². The smallest absolute Gasteiger partial charge is 0.152 e. The van der Waals surface area contributed by atoms with E-state index >= 15 is 0 Å². The fraction of sp³-hybridized carbons (Fsp3) is 0.353. The molecule has 1 saturated heterocycles. The quantitative estimate of drug-likeness (QED) is 0.847. The Morgan fingerprint density at radius 3 is 2.95 bits per heavy atom. The third kappa shape index (κ3) is 2.47. The molecule has 1 aromatic heterocycles. The first-order valence-electron chi connectivity index (χ1n) is 7.27. The first-order valence-corrected chi connectivity index (χ1v) is 7.27. The molecule has 21 heavy (non-hydrogen) atoms. The molecule has 1 unspecified atom stereocenters. The van der Waals surface area contributed by atoms with Crippen molar-refractivity contribution in [3.63, 3.8) is 0 Å². The van der Waals surface area contributed by atoms with E-state index in [2.05, 4.69) is 16.0 Å². The number of nitriles is 1. The fourth-order valence-electron chi connectivity index (χ4n) is 3.03. The Bertz CT molecular complexity index is 732. The lowest BCUT2D eigenvalue weighted by atomic mass is 9.98. The molecule has 106 valence electrons. The molecule has 1 fully saturated rings. The average Bonchev–Trinajstić information content (AvgIpc) is 2.53. The van der Waals surface area contributed by atoms with Crippen LogP contribution < -0.4 is 4.90 Å². The van der Waals surface area contributed by atoms with Crippen LogP contribution in [0.3, 0.4) is 0 Å². The van der Waals surface area contributed by atoms with Crippen LogP contribution >= 0.6 is 0 Å². The Morgan fingerprint density at radius 1 is 1.38 bits per heavy atom. The van der Waals surface area contributed by atoms with Crippen molar-refractivity contribution in [3.8, 4) is 6.07 Å². The van der Waals surface area contributed by atoms with Gasteiger partial charge in [0, 0.05) is 11.9 Å². The van der Waals surface area contributed by atoms with Crippen LogP contribution in [-0.4, -0.2) is 23.4 Å². The minimum Gasteiger partial charge on any atom is -0.347 e. The third-order valence-electron chi connectivity index (χ3n) is 4.09. The summed E-state index contributed by atoms with van der Waals surface area (Å²) in [6, 6.07) is 11.6. The molecule has 3 rings (SSSR count). The predicted molar refractivity (Wildman–Crippen MR) is 82.1 cm³/mol. The molecule has 0 amide bonds. The zero-order valence-electron chi connectivity index (χ0n) is 12.0. The Labute approximate surface area is 124 Å². The summed E-state index contributed by atoms with van der Waals surface area (Å²) >= 11 is 0. The van der Waals surface area contributed by atoms with Gasteiger partial charge < -0.3 is 4.90 Å². The van der Waals surface area contributed by atoms with Crippen molar-refractivity contribution in [3.05, 3.63) is 35.9 Å². The van der Waals surface area contributed by atoms with Crippen LogP contribution in [0.2, 0.25) is 0 Å². The average molecular weight is 279 g/mol. The molecule has 2 heterocycles. The minimum absolute atomic E-state index is 0.112. The second kappa shape index (κ2) is 5.53. The molecule has 2 aromatic rings. The number of carbonyl (C=O) groups excluding carboxylic acids is 1. The van der Waals surface area contributed by atoms with Crippen LogP contribution in [0.5, 0.6) is 0 Å². The molecular formula is C17H17N3O. The van der Waals surface area contributed by atoms with Gasteiger partial charge in [-0.15, -0.1) is 0 Å². The molecule has 0 saturated carbocycles. The number of rotatable bonds is 2. The minimum atomic E-state index is -0.112. The molecular weight excluding hydrogens is 262 g/mol. The SMILES string of the molecule is CC(=O)C1CCCCN1c1cc(C#N)c2ccccc2n1. The molecule has 1 atom stereocenters. The Balaban J connectivity index is 2.11. The molecule has 0 bridgehead atoms. The summed E-state index contributed by atoms with van der Waals surface area (Å²) in [6.45, 7) is 2.45. The Morgan fingerprint density at radius 2 is 2.19 bits per heavy atom. The molecule has 1 aliphatic rings. The lowest BCUT2D eigenvalue weighted by Crippen LogP contribution is -2.44. The summed E-state index contributed by atoms with van der Waals surface area (Å²) in [5.74, 6) is 0.910. The van der Waals surface area contributed by atoms with E-state index in [9.17, 15) is 10.1 Å². The highest BCUT2D eigenvalue weighted by atomic mass is 16.1. The Hall–Kier alpha value is -2.41. The lowest BCUT2D eigenvalue weighted by Gasteiger charge is -2.35. The van der Waals surface area contributed by atoms with Crippen molar-refractivity contribution in [2.24, 2.45) is 0 Å². The van der Waals surface area contributed by atoms with Crippen LogP contribution in [-0.2, 0) is 4.79 Å². The van der Waals surface area contributed by atoms with E-state index in [1.54, 1.807) is 6.92 Å². The monoisotopic (exact) mass is 279 g/mol. The van der Waals surface area contributed by atoms with E-state index in [1.807, 2.05) is 30.3 Å². The number of aromatic nitrogens is 1. The van der Waals surface area contributed by atoms with Gasteiger partial charge in [-0.2, -0.15) is 5.26 Å². The second-order valence-electron chi connectivity index (χ2n) is 5.47. The van der Waals surface area contributed by atoms with Gasteiger partial charge in [0.15, 0.2) is 5.78 Å². The summed E-state index contributed by atoms with van der Waals surface area (Å²) in [7, 11) is 0. The summed E-state index contributed by atoms with van der Waals surface area (Å²) < 4.78 is 0. The van der Waals surface area contributed by atoms with Gasteiger partial charge in [-0.25, -0.2) is 4.98 Å². The van der Waals surface area contributed by atoms with Crippen LogP contribution in [0.1, 0.15) is 31.7 Å². The zero-order valence-corrected chi connectivity index (χ0v) is 12.0. The lowest BCUT2D eigenvalue weighted by molar-refractivity contribution is -0.118. The van der Waals surface area contributed by atoms with Crippen molar-refractivity contribution < 1.29 is 4.79 Å². The number of nitrogens with zero attached hydrogens (tertiary/aromatic N) is 3. The third-order valence-corrected chi connectivity index (χ3v) is 4.09. The maximum Gasteiger partial charge on any atom is 0.152 e. The van der Waals surface area contributed by atoms with Gasteiger partial charge in [-0.3, -0.25) is 4.79 Å². The number of para-hydroxylation sites is 1. The molecule has 0 N–H and O–H groups in total. The second-order valence-corrected chi connectivity index (χ2v) is 5.47. The van der Waals surface area contributed by atoms with Gasteiger partial charge in [0.2, 0.25) is 0 Å². The molecule has 1 aliphatic heterocycles. The Kier molecular flexibility index (Phi) is 3.57. The number of benzene rings is 1. The molecule has 0 spiro atoms. The number of fused-ring (bicyclic) bond motifs is 1. The standard InChI is InChI=1S/C17H17N3O/c1-12(21)16-8-4-5-9-20(16)17-10-13(11-18)14-6-2-3-7-15(14)19-17/h2-3,6-7,10,16H,4-5,8-9H2,1H3. The number of hydrogen-bond acceptors (Lipinski definition) is 4. The number of ketones is 1. The van der Waals surface area contributed by atoms with E-state index < -0.39 is 0 Å². The van der Waals surface area contributed by atoms with Crippen LogP contribution in [0.4, 0.5) is 5.82 Å². The maximum absolute atomic E-state index is 11.9. The summed E-state index contributed by atoms with van der Waals surface area (Å²) in [5, 5.41) is 10.2. The maximum atomic E-state index is 11.9. The number of piperidine rings is 1. The molecule has 0 aliphatic carbocycles. The largest absolute Gasteiger partial charge is 0.347 e. The van der Waals surface area contributed by atoms with Crippen molar-refractivity contribution >= 4 is 22.5 Å². The highest BCUT2D eigenvalue weighted by molar-refractivity contribution is 5.88. The van der Waals surface area contributed by atoms with Gasteiger partial charge in [0.05, 0.1) is 23.2 Å². The number of carbonyl (C=O) groups is 1. The number of anilines is 1. The fourth-order valence-corrected chi connectivity index (χ4v) is 3.03. The summed E-state index contributed by atoms with van der Waals surface area (Å²) in [4.78, 5) is 18.6. The number of pyridine rings is 1. The first-order chi connectivity index (χ1) is 10.2. The van der Waals surface area contributed by atoms with E-state index in [1.165, 1.54) is 0 Å². The van der Waals surface area contributed by atoms with E-state index in [0.717, 1.165) is 42.5 Å². The molecule has 1 aromatic carbocycles. The predicted octanol–water partition coefficient (Wildman–Crippen LogP) is 3.05. The normalized spacial score (nSPS) is 18.5.